The van der Waals surface area contributed by atoms with E-state index in [0.717, 1.165) is 19.3 Å². The lowest BCUT2D eigenvalue weighted by Crippen LogP contribution is -2.50. The molecular weight excluding hydrogens is 265 g/mol. The highest BCUT2D eigenvalue weighted by Gasteiger charge is 2.44. The molecule has 4 atom stereocenters. The van der Waals surface area contributed by atoms with Gasteiger partial charge in [-0.25, -0.2) is 0 Å². The maximum absolute atomic E-state index is 12.9. The molecule has 0 bridgehead atoms. The molecule has 0 aliphatic heterocycles. The summed E-state index contributed by atoms with van der Waals surface area (Å²) in [6.45, 7) is 0.657. The van der Waals surface area contributed by atoms with E-state index in [2.05, 4.69) is 4.90 Å². The zero-order valence-corrected chi connectivity index (χ0v) is 12.3. The van der Waals surface area contributed by atoms with Gasteiger partial charge in [0.15, 0.2) is 0 Å². The Labute approximate surface area is 119 Å². The zero-order valence-electron chi connectivity index (χ0n) is 12.3. The topological polar surface area (TPSA) is 29.3 Å². The minimum absolute atomic E-state index is 0.0764. The van der Waals surface area contributed by atoms with Crippen molar-refractivity contribution in [3.63, 3.8) is 0 Å². The fraction of sp³-hybridized carbons (Fsp3) is 1.00. The molecule has 0 amide bonds. The van der Waals surface area contributed by atoms with Gasteiger partial charge in [0, 0.05) is 12.1 Å². The van der Waals surface area contributed by atoms with Gasteiger partial charge in [0.25, 0.3) is 0 Å². The van der Waals surface area contributed by atoms with E-state index in [-0.39, 0.29) is 12.5 Å². The highest BCUT2D eigenvalue weighted by atomic mass is 19.4. The third-order valence-corrected chi connectivity index (χ3v) is 5.38. The SMILES string of the molecule is CN(C1CCCC(C(F)(F)F)C1)C1CCCCC1CN. The molecule has 2 fully saturated rings. The molecule has 0 spiro atoms. The van der Waals surface area contributed by atoms with Crippen LogP contribution in [0.1, 0.15) is 51.4 Å². The van der Waals surface area contributed by atoms with Gasteiger partial charge in [-0.1, -0.05) is 19.3 Å². The number of nitrogens with two attached hydrogens (primary N) is 1. The van der Waals surface area contributed by atoms with Gasteiger partial charge < -0.3 is 10.6 Å². The second-order valence-corrected chi connectivity index (χ2v) is 6.57. The van der Waals surface area contributed by atoms with Gasteiger partial charge in [-0.15, -0.1) is 0 Å². The first-order valence-corrected chi connectivity index (χ1v) is 7.92. The summed E-state index contributed by atoms with van der Waals surface area (Å²) in [5.41, 5.74) is 5.85. The quantitative estimate of drug-likeness (QED) is 0.862. The standard InChI is InChI=1S/C15H27F3N2/c1-20(14-8-3-2-5-11(14)10-19)13-7-4-6-12(9-13)15(16,17)18/h11-14H,2-10,19H2,1H3. The van der Waals surface area contributed by atoms with E-state index in [9.17, 15) is 13.2 Å². The zero-order chi connectivity index (χ0) is 14.8. The Morgan fingerprint density at radius 1 is 1.05 bits per heavy atom. The molecule has 2 aliphatic carbocycles. The third kappa shape index (κ3) is 3.67. The van der Waals surface area contributed by atoms with Gasteiger partial charge in [0.2, 0.25) is 0 Å². The molecule has 2 N–H and O–H groups in total. The molecule has 20 heavy (non-hydrogen) atoms. The Balaban J connectivity index is 1.98. The van der Waals surface area contributed by atoms with Crippen LogP contribution in [0.15, 0.2) is 0 Å². The maximum atomic E-state index is 12.9. The van der Waals surface area contributed by atoms with Crippen molar-refractivity contribution in [2.75, 3.05) is 13.6 Å². The summed E-state index contributed by atoms with van der Waals surface area (Å²) < 4.78 is 38.8. The number of hydrogen-bond donors (Lipinski definition) is 1. The first kappa shape index (κ1) is 16.1. The van der Waals surface area contributed by atoms with E-state index in [0.29, 0.717) is 31.3 Å². The predicted molar refractivity (Wildman–Crippen MR) is 74.4 cm³/mol. The molecule has 2 rings (SSSR count). The van der Waals surface area contributed by atoms with Crippen LogP contribution in [0.5, 0.6) is 0 Å². The minimum Gasteiger partial charge on any atom is -0.330 e. The molecule has 0 aromatic rings. The van der Waals surface area contributed by atoms with Crippen molar-refractivity contribution in [1.82, 2.24) is 4.90 Å². The van der Waals surface area contributed by atoms with Crippen LogP contribution in [0, 0.1) is 11.8 Å². The number of rotatable bonds is 3. The molecule has 2 aliphatic rings. The van der Waals surface area contributed by atoms with Gasteiger partial charge in [0.1, 0.15) is 0 Å². The van der Waals surface area contributed by atoms with E-state index in [1.807, 2.05) is 7.05 Å². The predicted octanol–water partition coefficient (Wildman–Crippen LogP) is 3.56. The highest BCUT2D eigenvalue weighted by Crippen LogP contribution is 2.40. The van der Waals surface area contributed by atoms with Crippen LogP contribution in [0.4, 0.5) is 13.2 Å². The van der Waals surface area contributed by atoms with Crippen molar-refractivity contribution in [2.24, 2.45) is 17.6 Å². The smallest absolute Gasteiger partial charge is 0.330 e. The van der Waals surface area contributed by atoms with Gasteiger partial charge in [-0.3, -0.25) is 0 Å². The Hall–Kier alpha value is -0.290. The highest BCUT2D eigenvalue weighted by molar-refractivity contribution is 4.89. The lowest BCUT2D eigenvalue weighted by molar-refractivity contribution is -0.187. The molecule has 2 saturated carbocycles. The van der Waals surface area contributed by atoms with Crippen LogP contribution in [0.3, 0.4) is 0 Å². The van der Waals surface area contributed by atoms with Gasteiger partial charge in [-0.2, -0.15) is 13.2 Å². The van der Waals surface area contributed by atoms with E-state index in [1.165, 1.54) is 12.8 Å². The normalized spacial score (nSPS) is 36.3. The molecule has 0 aromatic heterocycles. The van der Waals surface area contributed by atoms with Gasteiger partial charge in [0.05, 0.1) is 5.92 Å². The van der Waals surface area contributed by atoms with Gasteiger partial charge >= 0.3 is 6.18 Å². The number of hydrogen-bond acceptors (Lipinski definition) is 2. The molecule has 2 nitrogen and oxygen atoms in total. The fourth-order valence-electron chi connectivity index (χ4n) is 4.10. The molecule has 5 heteroatoms. The first-order chi connectivity index (χ1) is 9.43. The van der Waals surface area contributed by atoms with Crippen LogP contribution in [0.2, 0.25) is 0 Å². The number of halogens is 3. The van der Waals surface area contributed by atoms with Crippen molar-refractivity contribution in [3.8, 4) is 0 Å². The summed E-state index contributed by atoms with van der Waals surface area (Å²) in [5, 5.41) is 0. The molecule has 118 valence electrons. The summed E-state index contributed by atoms with van der Waals surface area (Å²) in [7, 11) is 2.02. The Morgan fingerprint density at radius 3 is 2.40 bits per heavy atom. The lowest BCUT2D eigenvalue weighted by Gasteiger charge is -2.44. The Kier molecular flexibility index (Phi) is 5.35. The third-order valence-electron chi connectivity index (χ3n) is 5.38. The lowest BCUT2D eigenvalue weighted by atomic mass is 9.80. The van der Waals surface area contributed by atoms with Crippen LogP contribution in [-0.4, -0.2) is 36.8 Å². The average Bonchev–Trinajstić information content (AvgIpc) is 2.45. The largest absolute Gasteiger partial charge is 0.391 e. The van der Waals surface area contributed by atoms with Crippen molar-refractivity contribution in [3.05, 3.63) is 0 Å². The summed E-state index contributed by atoms with van der Waals surface area (Å²) in [5.74, 6) is -0.649. The second-order valence-electron chi connectivity index (χ2n) is 6.57. The Morgan fingerprint density at radius 2 is 1.75 bits per heavy atom. The minimum atomic E-state index is -4.03. The van der Waals surface area contributed by atoms with Crippen LogP contribution in [0.25, 0.3) is 0 Å². The number of nitrogens with zero attached hydrogens (tertiary/aromatic N) is 1. The number of alkyl halides is 3. The Bertz CT molecular complexity index is 306. The van der Waals surface area contributed by atoms with E-state index in [4.69, 9.17) is 5.73 Å². The van der Waals surface area contributed by atoms with Crippen LogP contribution < -0.4 is 5.73 Å². The summed E-state index contributed by atoms with van der Waals surface area (Å²) in [4.78, 5) is 2.23. The van der Waals surface area contributed by atoms with Crippen molar-refractivity contribution < 1.29 is 13.2 Å². The fourth-order valence-corrected chi connectivity index (χ4v) is 4.10. The molecular formula is C15H27F3N2. The van der Waals surface area contributed by atoms with E-state index in [1.54, 1.807) is 0 Å². The second kappa shape index (κ2) is 6.65. The van der Waals surface area contributed by atoms with Gasteiger partial charge in [-0.05, 0) is 51.6 Å². The average molecular weight is 292 g/mol. The summed E-state index contributed by atoms with van der Waals surface area (Å²) in [6.07, 6.45) is 2.75. The maximum Gasteiger partial charge on any atom is 0.391 e. The molecule has 0 saturated heterocycles. The van der Waals surface area contributed by atoms with E-state index < -0.39 is 12.1 Å². The van der Waals surface area contributed by atoms with Crippen LogP contribution >= 0.6 is 0 Å². The monoisotopic (exact) mass is 292 g/mol. The van der Waals surface area contributed by atoms with Crippen LogP contribution in [-0.2, 0) is 0 Å². The molecule has 4 unspecified atom stereocenters. The van der Waals surface area contributed by atoms with Crippen molar-refractivity contribution in [2.45, 2.75) is 69.6 Å². The first-order valence-electron chi connectivity index (χ1n) is 7.92. The molecule has 0 heterocycles. The summed E-state index contributed by atoms with van der Waals surface area (Å²) in [6, 6.07) is 0.457. The molecule has 0 radical (unpaired) electrons. The summed E-state index contributed by atoms with van der Waals surface area (Å²) >= 11 is 0. The van der Waals surface area contributed by atoms with E-state index >= 15 is 0 Å². The molecule has 0 aromatic carbocycles. The van der Waals surface area contributed by atoms with Crippen molar-refractivity contribution in [1.29, 1.82) is 0 Å². The van der Waals surface area contributed by atoms with Crippen molar-refractivity contribution >= 4 is 0 Å².